The summed E-state index contributed by atoms with van der Waals surface area (Å²) >= 11 is 0. The van der Waals surface area contributed by atoms with Crippen molar-refractivity contribution >= 4 is 8.79 Å². The van der Waals surface area contributed by atoms with Gasteiger partial charge < -0.3 is 0 Å². The van der Waals surface area contributed by atoms with Gasteiger partial charge in [-0.2, -0.15) is 0 Å². The standard InChI is InChI=1S/C5H5.2CO.4CH3.Ir/c1-2-4-5-3-1;2*1-2;;;;;/h1-3H,4H2;;;4*1H3;. The van der Waals surface area contributed by atoms with Crippen LogP contribution < -0.4 is 0 Å². The van der Waals surface area contributed by atoms with E-state index in [0.717, 1.165) is 4.09 Å². The van der Waals surface area contributed by atoms with Gasteiger partial charge in [-0.25, -0.2) is 0 Å². The molecule has 0 aromatic rings. The van der Waals surface area contributed by atoms with Crippen LogP contribution in [0.5, 0.6) is 0 Å². The molecule has 2 nitrogen and oxygen atoms in total. The van der Waals surface area contributed by atoms with Crippen LogP contribution in [0.4, 0.5) is 0 Å². The van der Waals surface area contributed by atoms with Crippen LogP contribution in [0, 0.1) is 0 Å². The minimum atomic E-state index is -4.91. The molecule has 0 aromatic heterocycles. The molecule has 1 rings (SSSR count). The van der Waals surface area contributed by atoms with Gasteiger partial charge in [-0.1, -0.05) is 0 Å². The molecule has 14 heavy (non-hydrogen) atoms. The second-order valence-corrected chi connectivity index (χ2v) is 38.7. The Labute approximate surface area is 79.7 Å². The second-order valence-electron chi connectivity index (χ2n) is 5.60. The Hall–Kier alpha value is -0.711. The molecule has 0 N–H and O–H groups in total. The average Bonchev–Trinajstić information content (AvgIpc) is 2.58. The maximum absolute atomic E-state index is 11.4. The Bertz CT molecular complexity index is 581. The van der Waals surface area contributed by atoms with Gasteiger partial charge in [0.15, 0.2) is 0 Å². The molecule has 0 unspecified atom stereocenters. The zero-order valence-corrected chi connectivity index (χ0v) is 11.5. The number of hydrogen-bond donors (Lipinski definition) is 0. The summed E-state index contributed by atoms with van der Waals surface area (Å²) in [5.74, 6) is 0. The van der Waals surface area contributed by atoms with Gasteiger partial charge in [0.25, 0.3) is 0 Å². The van der Waals surface area contributed by atoms with Crippen molar-refractivity contribution in [3.63, 3.8) is 0 Å². The van der Waals surface area contributed by atoms with Crippen LogP contribution in [0.25, 0.3) is 0 Å². The third-order valence-corrected chi connectivity index (χ3v) is 15.9. The van der Waals surface area contributed by atoms with E-state index in [2.05, 4.69) is 8.79 Å². The summed E-state index contributed by atoms with van der Waals surface area (Å²) in [6.07, 6.45) is 6.37. The third kappa shape index (κ3) is 1.30. The zero-order chi connectivity index (χ0) is 11.2. The Kier molecular flexibility index (Phi) is 1.48. The van der Waals surface area contributed by atoms with Gasteiger partial charge in [0.1, 0.15) is 0 Å². The summed E-state index contributed by atoms with van der Waals surface area (Å²) in [6.45, 7) is 0. The topological polar surface area (TPSA) is 34.1 Å². The van der Waals surface area contributed by atoms with Crippen molar-refractivity contribution in [1.82, 2.24) is 0 Å². The first-order chi connectivity index (χ1) is 6.00. The summed E-state index contributed by atoms with van der Waals surface area (Å²) in [7, 11) is -4.91. The van der Waals surface area contributed by atoms with Crippen molar-refractivity contribution < 1.29 is 20.3 Å². The Morgan fingerprint density at radius 2 is 1.64 bits per heavy atom. The number of allylic oxidation sites excluding steroid dienone is 4. The molecule has 0 atom stereocenters. The molecule has 0 fully saturated rings. The fourth-order valence-electron chi connectivity index (χ4n) is 1.13. The van der Waals surface area contributed by atoms with Crippen LogP contribution in [-0.4, -0.2) is 8.79 Å². The molecule has 1 aliphatic carbocycles. The molecular weight excluding hydrogens is 356 g/mol. The summed E-state index contributed by atoms with van der Waals surface area (Å²) in [5, 5.41) is 0. The van der Waals surface area contributed by atoms with Gasteiger partial charge in [-0.15, -0.1) is 0 Å². The fourth-order valence-corrected chi connectivity index (χ4v) is 6.81. The average molecular weight is 373 g/mol. The van der Waals surface area contributed by atoms with E-state index < -0.39 is 10.8 Å². The molecule has 0 aromatic carbocycles. The first-order valence-electron chi connectivity index (χ1n) is 3.96. The molecule has 0 saturated heterocycles. The van der Waals surface area contributed by atoms with Crippen LogP contribution in [-0.2, 0) is 20.3 Å². The van der Waals surface area contributed by atoms with Crippen LogP contribution in [0.15, 0.2) is 22.3 Å². The summed E-state index contributed by atoms with van der Waals surface area (Å²) < 4.78 is 5.09. The van der Waals surface area contributed by atoms with E-state index >= 15 is 0 Å². The van der Waals surface area contributed by atoms with E-state index in [1.807, 2.05) is 18.2 Å². The van der Waals surface area contributed by atoms with E-state index in [1.54, 1.807) is 21.8 Å². The van der Waals surface area contributed by atoms with Gasteiger partial charge in [0, 0.05) is 0 Å². The molecule has 0 aliphatic heterocycles. The SMILES string of the molecule is [CH3][Ir]([CH3])([CH3])([CH3])(=[C]=O)(=[C]=O)[C]1=CC=CC1. The summed E-state index contributed by atoms with van der Waals surface area (Å²) in [5.41, 5.74) is 7.04. The van der Waals surface area contributed by atoms with Crippen LogP contribution in [0.3, 0.4) is 0 Å². The second kappa shape index (κ2) is 1.83. The zero-order valence-electron chi connectivity index (χ0n) is 9.09. The number of rotatable bonds is 1. The molecular formula is C11H17IrO2. The van der Waals surface area contributed by atoms with Gasteiger partial charge in [-0.3, -0.25) is 0 Å². The van der Waals surface area contributed by atoms with Crippen LogP contribution in [0.1, 0.15) is 6.42 Å². The van der Waals surface area contributed by atoms with E-state index in [1.165, 1.54) is 0 Å². The normalized spacial score (nSPS) is 23.4. The van der Waals surface area contributed by atoms with Crippen molar-refractivity contribution in [2.45, 2.75) is 28.2 Å². The Morgan fingerprint density at radius 3 is 1.93 bits per heavy atom. The summed E-state index contributed by atoms with van der Waals surface area (Å²) in [6, 6.07) is 0. The van der Waals surface area contributed by atoms with E-state index in [-0.39, 0.29) is 0 Å². The third-order valence-electron chi connectivity index (χ3n) is 2.46. The van der Waals surface area contributed by atoms with Gasteiger partial charge in [0.2, 0.25) is 0 Å². The fraction of sp³-hybridized carbons (Fsp3) is 0.455. The van der Waals surface area contributed by atoms with Crippen molar-refractivity contribution in [2.75, 3.05) is 0 Å². The Balaban J connectivity index is 4.14. The monoisotopic (exact) mass is 374 g/mol. The van der Waals surface area contributed by atoms with Crippen molar-refractivity contribution in [3.05, 3.63) is 22.3 Å². The van der Waals surface area contributed by atoms with Crippen LogP contribution in [0.2, 0.25) is 21.8 Å². The van der Waals surface area contributed by atoms with Crippen molar-refractivity contribution in [2.24, 2.45) is 0 Å². The minimum absolute atomic E-state index is 0.667. The van der Waals surface area contributed by atoms with Crippen molar-refractivity contribution in [1.29, 1.82) is 0 Å². The predicted molar refractivity (Wildman–Crippen MR) is 56.7 cm³/mol. The van der Waals surface area contributed by atoms with E-state index in [9.17, 15) is 9.59 Å². The molecule has 0 spiro atoms. The molecule has 1 aliphatic rings. The maximum atomic E-state index is 11.4. The molecule has 0 bridgehead atoms. The van der Waals surface area contributed by atoms with Crippen LogP contribution >= 0.6 is 0 Å². The molecule has 0 heterocycles. The van der Waals surface area contributed by atoms with Gasteiger partial charge in [-0.05, 0) is 0 Å². The Morgan fingerprint density at radius 1 is 1.14 bits per heavy atom. The first-order valence-corrected chi connectivity index (χ1v) is 17.1. The predicted octanol–water partition coefficient (Wildman–Crippen LogP) is 2.92. The molecule has 3 heteroatoms. The molecule has 0 saturated carbocycles. The van der Waals surface area contributed by atoms with E-state index in [0.29, 0.717) is 6.42 Å². The van der Waals surface area contributed by atoms with Gasteiger partial charge >= 0.3 is 79.6 Å². The first kappa shape index (κ1) is 11.4. The quantitative estimate of drug-likeness (QED) is 0.708. The summed E-state index contributed by atoms with van der Waals surface area (Å²) in [4.78, 5) is 22.9. The number of carbonyl (C=O) groups excluding carboxylic acids is 2. The molecule has 0 amide bonds. The molecule has 82 valence electrons. The van der Waals surface area contributed by atoms with Gasteiger partial charge in [0.05, 0.1) is 0 Å². The van der Waals surface area contributed by atoms with Crippen molar-refractivity contribution in [3.8, 4) is 0 Å². The molecule has 0 radical (unpaired) electrons. The number of hydrogen-bond acceptors (Lipinski definition) is 2. The van der Waals surface area contributed by atoms with E-state index in [4.69, 9.17) is 0 Å².